The van der Waals surface area contributed by atoms with Crippen molar-refractivity contribution >= 4 is 11.7 Å². The van der Waals surface area contributed by atoms with Crippen LogP contribution < -0.4 is 15.4 Å². The molecule has 0 aliphatic heterocycles. The van der Waals surface area contributed by atoms with E-state index in [9.17, 15) is 9.59 Å². The third-order valence-corrected chi connectivity index (χ3v) is 2.44. The summed E-state index contributed by atoms with van der Waals surface area (Å²) in [5.74, 6) is 0.594. The summed E-state index contributed by atoms with van der Waals surface area (Å²) in [6.07, 6.45) is 0.421. The van der Waals surface area contributed by atoms with E-state index in [0.717, 1.165) is 12.1 Å². The first-order valence-corrected chi connectivity index (χ1v) is 6.24. The molecule has 0 heterocycles. The normalized spacial score (nSPS) is 10.0. The van der Waals surface area contributed by atoms with Crippen molar-refractivity contribution in [2.75, 3.05) is 26.7 Å². The molecule has 0 aromatic heterocycles. The summed E-state index contributed by atoms with van der Waals surface area (Å²) >= 11 is 0. The molecule has 1 amide bonds. The second-order valence-corrected chi connectivity index (χ2v) is 4.26. The van der Waals surface area contributed by atoms with Crippen molar-refractivity contribution in [3.8, 4) is 5.75 Å². The molecule has 19 heavy (non-hydrogen) atoms. The SMILES string of the molecule is CNCCNC(=O)COc1ccc(CC(C)=O)cc1. The zero-order chi connectivity index (χ0) is 14.1. The number of carbonyl (C=O) groups is 2. The molecule has 1 aromatic rings. The summed E-state index contributed by atoms with van der Waals surface area (Å²) in [7, 11) is 1.82. The third kappa shape index (κ3) is 6.57. The molecule has 0 radical (unpaired) electrons. The van der Waals surface area contributed by atoms with E-state index in [-0.39, 0.29) is 18.3 Å². The van der Waals surface area contributed by atoms with Gasteiger partial charge in [-0.2, -0.15) is 0 Å². The van der Waals surface area contributed by atoms with Crippen molar-refractivity contribution in [1.82, 2.24) is 10.6 Å². The number of hydrogen-bond acceptors (Lipinski definition) is 4. The molecule has 0 saturated heterocycles. The molecule has 0 spiro atoms. The number of benzene rings is 1. The van der Waals surface area contributed by atoms with Gasteiger partial charge in [-0.3, -0.25) is 9.59 Å². The molecule has 0 atom stereocenters. The average molecular weight is 264 g/mol. The number of carbonyl (C=O) groups excluding carboxylic acids is 2. The van der Waals surface area contributed by atoms with Gasteiger partial charge in [0, 0.05) is 19.5 Å². The van der Waals surface area contributed by atoms with Gasteiger partial charge in [-0.15, -0.1) is 0 Å². The molecule has 0 saturated carbocycles. The van der Waals surface area contributed by atoms with Gasteiger partial charge in [0.15, 0.2) is 6.61 Å². The standard InChI is InChI=1S/C14H20N2O3/c1-11(17)9-12-3-5-13(6-4-12)19-10-14(18)16-8-7-15-2/h3-6,15H,7-10H2,1-2H3,(H,16,18). The van der Waals surface area contributed by atoms with E-state index in [1.165, 1.54) is 0 Å². The average Bonchev–Trinajstić information content (AvgIpc) is 2.37. The second kappa shape index (κ2) is 8.26. The third-order valence-electron chi connectivity index (χ3n) is 2.44. The molecule has 5 nitrogen and oxygen atoms in total. The van der Waals surface area contributed by atoms with Crippen LogP contribution in [0, 0.1) is 0 Å². The molecule has 0 bridgehead atoms. The van der Waals surface area contributed by atoms with Crippen LogP contribution in [-0.4, -0.2) is 38.4 Å². The quantitative estimate of drug-likeness (QED) is 0.672. The van der Waals surface area contributed by atoms with E-state index in [0.29, 0.717) is 18.7 Å². The Morgan fingerprint density at radius 2 is 1.84 bits per heavy atom. The molecule has 0 aliphatic carbocycles. The lowest BCUT2D eigenvalue weighted by Gasteiger charge is -2.07. The van der Waals surface area contributed by atoms with Gasteiger partial charge in [0.25, 0.3) is 5.91 Å². The topological polar surface area (TPSA) is 67.4 Å². The van der Waals surface area contributed by atoms with Crippen LogP contribution in [0.3, 0.4) is 0 Å². The minimum atomic E-state index is -0.150. The molecule has 0 aliphatic rings. The number of ketones is 1. The van der Waals surface area contributed by atoms with E-state index < -0.39 is 0 Å². The van der Waals surface area contributed by atoms with E-state index in [1.54, 1.807) is 19.1 Å². The fourth-order valence-corrected chi connectivity index (χ4v) is 1.52. The number of rotatable bonds is 8. The predicted molar refractivity (Wildman–Crippen MR) is 73.3 cm³/mol. The smallest absolute Gasteiger partial charge is 0.257 e. The Morgan fingerprint density at radius 3 is 2.42 bits per heavy atom. The number of amides is 1. The largest absolute Gasteiger partial charge is 0.484 e. The van der Waals surface area contributed by atoms with Crippen LogP contribution in [0.4, 0.5) is 0 Å². The van der Waals surface area contributed by atoms with Gasteiger partial charge in [-0.25, -0.2) is 0 Å². The molecule has 1 rings (SSSR count). The van der Waals surface area contributed by atoms with E-state index in [1.807, 2.05) is 19.2 Å². The first-order valence-electron chi connectivity index (χ1n) is 6.24. The van der Waals surface area contributed by atoms with Crippen LogP contribution in [0.15, 0.2) is 24.3 Å². The van der Waals surface area contributed by atoms with Gasteiger partial charge in [0.1, 0.15) is 11.5 Å². The first kappa shape index (κ1) is 15.2. The van der Waals surface area contributed by atoms with Crippen molar-refractivity contribution in [3.63, 3.8) is 0 Å². The fraction of sp³-hybridized carbons (Fsp3) is 0.429. The van der Waals surface area contributed by atoms with Crippen LogP contribution in [0.25, 0.3) is 0 Å². The van der Waals surface area contributed by atoms with Crippen LogP contribution in [0.2, 0.25) is 0 Å². The van der Waals surface area contributed by atoms with Crippen molar-refractivity contribution < 1.29 is 14.3 Å². The Labute approximate surface area is 113 Å². The summed E-state index contributed by atoms with van der Waals surface area (Å²) in [6.45, 7) is 2.86. The van der Waals surface area contributed by atoms with Gasteiger partial charge in [-0.05, 0) is 31.7 Å². The summed E-state index contributed by atoms with van der Waals surface area (Å²) in [5, 5.41) is 5.66. The molecule has 5 heteroatoms. The van der Waals surface area contributed by atoms with Crippen molar-refractivity contribution in [1.29, 1.82) is 0 Å². The Balaban J connectivity index is 2.33. The van der Waals surface area contributed by atoms with Crippen LogP contribution in [-0.2, 0) is 16.0 Å². The Bertz CT molecular complexity index is 415. The number of hydrogen-bond donors (Lipinski definition) is 2. The highest BCUT2D eigenvalue weighted by Gasteiger charge is 2.02. The summed E-state index contributed by atoms with van der Waals surface area (Å²) in [5.41, 5.74) is 0.943. The summed E-state index contributed by atoms with van der Waals surface area (Å²) in [4.78, 5) is 22.3. The maximum atomic E-state index is 11.4. The number of likely N-dealkylation sites (N-methyl/N-ethyl adjacent to an activating group) is 1. The van der Waals surface area contributed by atoms with Gasteiger partial charge >= 0.3 is 0 Å². The molecule has 0 unspecified atom stereocenters. The fourth-order valence-electron chi connectivity index (χ4n) is 1.52. The minimum absolute atomic E-state index is 0.00420. The van der Waals surface area contributed by atoms with Crippen LogP contribution >= 0.6 is 0 Å². The molecule has 104 valence electrons. The van der Waals surface area contributed by atoms with Crippen molar-refractivity contribution in [2.24, 2.45) is 0 Å². The van der Waals surface area contributed by atoms with Gasteiger partial charge in [-0.1, -0.05) is 12.1 Å². The molecule has 0 fully saturated rings. The van der Waals surface area contributed by atoms with Gasteiger partial charge in [0.2, 0.25) is 0 Å². The summed E-state index contributed by atoms with van der Waals surface area (Å²) in [6, 6.07) is 7.18. The summed E-state index contributed by atoms with van der Waals surface area (Å²) < 4.78 is 5.34. The first-order chi connectivity index (χ1) is 9.11. The van der Waals surface area contributed by atoms with Crippen LogP contribution in [0.1, 0.15) is 12.5 Å². The minimum Gasteiger partial charge on any atom is -0.484 e. The predicted octanol–water partition coefficient (Wildman–Crippen LogP) is 0.533. The Hall–Kier alpha value is -1.88. The second-order valence-electron chi connectivity index (χ2n) is 4.26. The van der Waals surface area contributed by atoms with Crippen molar-refractivity contribution in [3.05, 3.63) is 29.8 Å². The number of nitrogens with one attached hydrogen (secondary N) is 2. The highest BCUT2D eigenvalue weighted by molar-refractivity contribution is 5.78. The Kier molecular flexibility index (Phi) is 6.60. The zero-order valence-electron chi connectivity index (χ0n) is 11.4. The van der Waals surface area contributed by atoms with E-state index >= 15 is 0 Å². The lowest BCUT2D eigenvalue weighted by molar-refractivity contribution is -0.123. The molecule has 2 N–H and O–H groups in total. The number of ether oxygens (including phenoxy) is 1. The lowest BCUT2D eigenvalue weighted by atomic mass is 10.1. The van der Waals surface area contributed by atoms with E-state index in [2.05, 4.69) is 10.6 Å². The Morgan fingerprint density at radius 1 is 1.16 bits per heavy atom. The molecular formula is C14H20N2O3. The zero-order valence-corrected chi connectivity index (χ0v) is 11.4. The van der Waals surface area contributed by atoms with E-state index in [4.69, 9.17) is 4.74 Å². The lowest BCUT2D eigenvalue weighted by Crippen LogP contribution is -2.33. The monoisotopic (exact) mass is 264 g/mol. The molecular weight excluding hydrogens is 244 g/mol. The van der Waals surface area contributed by atoms with Gasteiger partial charge in [0.05, 0.1) is 0 Å². The highest BCUT2D eigenvalue weighted by atomic mass is 16.5. The maximum Gasteiger partial charge on any atom is 0.257 e. The maximum absolute atomic E-state index is 11.4. The van der Waals surface area contributed by atoms with Crippen LogP contribution in [0.5, 0.6) is 5.75 Å². The number of Topliss-reactive ketones (excluding diaryl/α,β-unsaturated/α-hetero) is 1. The molecule has 1 aromatic carbocycles. The highest BCUT2D eigenvalue weighted by Crippen LogP contribution is 2.12. The van der Waals surface area contributed by atoms with Gasteiger partial charge < -0.3 is 15.4 Å². The van der Waals surface area contributed by atoms with Crippen molar-refractivity contribution in [2.45, 2.75) is 13.3 Å².